The molecule has 1 N–H and O–H groups in total. The van der Waals surface area contributed by atoms with E-state index in [9.17, 15) is 4.79 Å². The van der Waals surface area contributed by atoms with Gasteiger partial charge in [-0.25, -0.2) is 4.79 Å². The van der Waals surface area contributed by atoms with Gasteiger partial charge in [0.05, 0.1) is 46.6 Å². The van der Waals surface area contributed by atoms with Crippen molar-refractivity contribution in [1.29, 1.82) is 0 Å². The first-order valence-electron chi connectivity index (χ1n) is 16.3. The van der Waals surface area contributed by atoms with E-state index in [4.69, 9.17) is 14.2 Å². The molecule has 238 valence electrons. The molecule has 4 rings (SSSR count). The Bertz CT molecular complexity index is 1260. The van der Waals surface area contributed by atoms with Gasteiger partial charge in [0.15, 0.2) is 0 Å². The molecule has 1 heterocycles. The summed E-state index contributed by atoms with van der Waals surface area (Å²) in [4.78, 5) is 15.2. The molecule has 0 saturated carbocycles. The largest absolute Gasteiger partial charge is 0.496 e. The van der Waals surface area contributed by atoms with Gasteiger partial charge in [0.1, 0.15) is 11.9 Å². The number of hydrogen-bond donors (Lipinski definition) is 1. The van der Waals surface area contributed by atoms with E-state index in [0.29, 0.717) is 6.61 Å². The van der Waals surface area contributed by atoms with Crippen molar-refractivity contribution in [2.45, 2.75) is 57.7 Å². The van der Waals surface area contributed by atoms with Gasteiger partial charge in [-0.15, -0.1) is 0 Å². The number of para-hydroxylation sites is 2. The Morgan fingerprint density at radius 1 is 0.841 bits per heavy atom. The molecule has 1 aliphatic rings. The minimum Gasteiger partial charge on any atom is -0.496 e. The lowest BCUT2D eigenvalue weighted by Crippen LogP contribution is -2.44. The summed E-state index contributed by atoms with van der Waals surface area (Å²) in [5.41, 5.74) is 3.94. The Labute approximate surface area is 264 Å². The van der Waals surface area contributed by atoms with Crippen molar-refractivity contribution in [1.82, 2.24) is 4.90 Å². The van der Waals surface area contributed by atoms with Gasteiger partial charge in [-0.2, -0.15) is 0 Å². The standard InChI is InChI=1S/C37H51N3O4/c1-40(2,27-13-4-5-14-29-43-30-32-18-9-12-21-36(32)42-3)28-15-24-39-25-22-33(23-26-39)44-37(41)38-35-20-11-10-19-34(35)31-16-7-6-8-17-31/h6-12,16-21,33H,4-5,13-15,22-30H2,1-3H3/p+1. The number of piperidine rings is 1. The topological polar surface area (TPSA) is 60.0 Å². The molecule has 7 nitrogen and oxygen atoms in total. The van der Waals surface area contributed by atoms with E-state index in [0.717, 1.165) is 78.1 Å². The third-order valence-corrected chi connectivity index (χ3v) is 8.55. The fraction of sp³-hybridized carbons (Fsp3) is 0.486. The van der Waals surface area contributed by atoms with E-state index in [1.807, 2.05) is 72.8 Å². The fourth-order valence-electron chi connectivity index (χ4n) is 5.94. The van der Waals surface area contributed by atoms with Crippen LogP contribution in [0.2, 0.25) is 0 Å². The quantitative estimate of drug-likeness (QED) is 0.127. The monoisotopic (exact) mass is 602 g/mol. The smallest absolute Gasteiger partial charge is 0.411 e. The predicted molar refractivity (Wildman–Crippen MR) is 179 cm³/mol. The molecule has 1 amide bonds. The van der Waals surface area contributed by atoms with Crippen molar-refractivity contribution in [2.24, 2.45) is 0 Å². The number of nitrogens with one attached hydrogen (secondary N) is 1. The molecule has 0 unspecified atom stereocenters. The van der Waals surface area contributed by atoms with Crippen LogP contribution in [0.1, 0.15) is 50.5 Å². The Hall–Kier alpha value is -3.39. The molecule has 1 saturated heterocycles. The van der Waals surface area contributed by atoms with Crippen molar-refractivity contribution < 1.29 is 23.5 Å². The molecule has 0 bridgehead atoms. The summed E-state index contributed by atoms with van der Waals surface area (Å²) in [7, 11) is 6.41. The number of quaternary nitrogens is 1. The molecule has 7 heteroatoms. The average Bonchev–Trinajstić information content (AvgIpc) is 3.04. The minimum absolute atomic E-state index is 0.0334. The van der Waals surface area contributed by atoms with Crippen LogP contribution in [-0.2, 0) is 16.1 Å². The first-order chi connectivity index (χ1) is 21.4. The second kappa shape index (κ2) is 17.8. The number of ether oxygens (including phenoxy) is 3. The zero-order valence-electron chi connectivity index (χ0n) is 27.0. The molecule has 0 aromatic heterocycles. The van der Waals surface area contributed by atoms with Crippen LogP contribution in [0.5, 0.6) is 5.75 Å². The van der Waals surface area contributed by atoms with Crippen LogP contribution >= 0.6 is 0 Å². The van der Waals surface area contributed by atoms with Gasteiger partial charge in [-0.1, -0.05) is 73.2 Å². The number of benzene rings is 3. The van der Waals surface area contributed by atoms with Crippen molar-refractivity contribution >= 4 is 11.8 Å². The van der Waals surface area contributed by atoms with Crippen LogP contribution in [0.25, 0.3) is 11.1 Å². The summed E-state index contributed by atoms with van der Waals surface area (Å²) in [6.07, 6.45) is 7.36. The van der Waals surface area contributed by atoms with Crippen LogP contribution in [0.4, 0.5) is 10.5 Å². The summed E-state index contributed by atoms with van der Waals surface area (Å²) < 4.78 is 18.1. The van der Waals surface area contributed by atoms with E-state index in [1.165, 1.54) is 38.8 Å². The molecule has 0 spiro atoms. The lowest BCUT2D eigenvalue weighted by molar-refractivity contribution is -0.890. The number of rotatable bonds is 17. The number of carbonyl (C=O) groups excluding carboxylic acids is 1. The van der Waals surface area contributed by atoms with Crippen LogP contribution < -0.4 is 10.1 Å². The molecule has 1 aliphatic heterocycles. The molecule has 44 heavy (non-hydrogen) atoms. The van der Waals surface area contributed by atoms with E-state index in [-0.39, 0.29) is 12.2 Å². The number of methoxy groups -OCH3 is 1. The number of carbonyl (C=O) groups is 1. The maximum absolute atomic E-state index is 12.7. The summed E-state index contributed by atoms with van der Waals surface area (Å²) >= 11 is 0. The van der Waals surface area contributed by atoms with E-state index in [2.05, 4.69) is 30.4 Å². The maximum Gasteiger partial charge on any atom is 0.411 e. The number of anilines is 1. The highest BCUT2D eigenvalue weighted by molar-refractivity contribution is 5.91. The lowest BCUT2D eigenvalue weighted by atomic mass is 10.0. The minimum atomic E-state index is -0.369. The summed E-state index contributed by atoms with van der Waals surface area (Å²) in [6, 6.07) is 26.0. The average molecular weight is 603 g/mol. The number of nitrogens with zero attached hydrogens (tertiary/aromatic N) is 2. The van der Waals surface area contributed by atoms with Gasteiger partial charge in [0, 0.05) is 43.8 Å². The highest BCUT2D eigenvalue weighted by Gasteiger charge is 2.23. The molecule has 3 aromatic carbocycles. The van der Waals surface area contributed by atoms with Gasteiger partial charge < -0.3 is 23.6 Å². The second-order valence-electron chi connectivity index (χ2n) is 12.5. The Morgan fingerprint density at radius 2 is 1.52 bits per heavy atom. The normalized spacial score (nSPS) is 14.3. The second-order valence-corrected chi connectivity index (χ2v) is 12.5. The van der Waals surface area contributed by atoms with Gasteiger partial charge in [-0.3, -0.25) is 5.32 Å². The zero-order chi connectivity index (χ0) is 31.0. The lowest BCUT2D eigenvalue weighted by Gasteiger charge is -2.34. The third kappa shape index (κ3) is 11.3. The van der Waals surface area contributed by atoms with Crippen LogP contribution in [-0.4, -0.2) is 82.1 Å². The highest BCUT2D eigenvalue weighted by atomic mass is 16.6. The number of hydrogen-bond acceptors (Lipinski definition) is 5. The molecule has 0 aliphatic carbocycles. The SMILES string of the molecule is COc1ccccc1COCCCCCC[N+](C)(C)CCCN1CCC(OC(=O)Nc2ccccc2-c2ccccc2)CC1. The van der Waals surface area contributed by atoms with Crippen molar-refractivity contribution in [3.63, 3.8) is 0 Å². The number of amides is 1. The van der Waals surface area contributed by atoms with Gasteiger partial charge in [0.2, 0.25) is 0 Å². The predicted octanol–water partition coefficient (Wildman–Crippen LogP) is 7.62. The molecule has 1 fully saturated rings. The Kier molecular flexibility index (Phi) is 13.5. The Balaban J connectivity index is 1.04. The van der Waals surface area contributed by atoms with Crippen LogP contribution in [0.15, 0.2) is 78.9 Å². The first-order valence-corrected chi connectivity index (χ1v) is 16.3. The maximum atomic E-state index is 12.7. The fourth-order valence-corrected chi connectivity index (χ4v) is 5.94. The summed E-state index contributed by atoms with van der Waals surface area (Å²) in [5, 5.41) is 2.97. The number of likely N-dealkylation sites (tertiary alicyclic amines) is 1. The van der Waals surface area contributed by atoms with E-state index in [1.54, 1.807) is 7.11 Å². The summed E-state index contributed by atoms with van der Waals surface area (Å²) in [6.45, 7) is 6.86. The molecule has 0 radical (unpaired) electrons. The molecular weight excluding hydrogens is 550 g/mol. The first kappa shape index (κ1) is 33.5. The zero-order valence-corrected chi connectivity index (χ0v) is 27.0. The summed E-state index contributed by atoms with van der Waals surface area (Å²) in [5.74, 6) is 0.896. The van der Waals surface area contributed by atoms with E-state index >= 15 is 0 Å². The van der Waals surface area contributed by atoms with Crippen molar-refractivity contribution in [3.05, 3.63) is 84.4 Å². The van der Waals surface area contributed by atoms with Gasteiger partial charge >= 0.3 is 6.09 Å². The molecule has 3 aromatic rings. The van der Waals surface area contributed by atoms with Crippen LogP contribution in [0.3, 0.4) is 0 Å². The third-order valence-electron chi connectivity index (χ3n) is 8.55. The van der Waals surface area contributed by atoms with Gasteiger partial charge in [-0.05, 0) is 49.8 Å². The Morgan fingerprint density at radius 3 is 2.32 bits per heavy atom. The van der Waals surface area contributed by atoms with Crippen LogP contribution in [0, 0.1) is 0 Å². The van der Waals surface area contributed by atoms with E-state index < -0.39 is 0 Å². The molecular formula is C37H52N3O4+. The van der Waals surface area contributed by atoms with Crippen molar-refractivity contribution in [2.75, 3.05) is 65.9 Å². The highest BCUT2D eigenvalue weighted by Crippen LogP contribution is 2.28. The molecule has 0 atom stereocenters. The van der Waals surface area contributed by atoms with Crippen molar-refractivity contribution in [3.8, 4) is 16.9 Å². The number of unbranched alkanes of at least 4 members (excludes halogenated alkanes) is 3. The van der Waals surface area contributed by atoms with Gasteiger partial charge in [0.25, 0.3) is 0 Å².